The number of hydrogen-bond acceptors (Lipinski definition) is 2. The molecule has 0 fully saturated rings. The van der Waals surface area contributed by atoms with Crippen molar-refractivity contribution in [1.82, 2.24) is 4.31 Å². The van der Waals surface area contributed by atoms with Gasteiger partial charge in [-0.2, -0.15) is 0 Å². The second kappa shape index (κ2) is 9.84. The van der Waals surface area contributed by atoms with Gasteiger partial charge in [0.05, 0.1) is 10.6 Å². The van der Waals surface area contributed by atoms with Crippen LogP contribution in [0.3, 0.4) is 0 Å². The van der Waals surface area contributed by atoms with E-state index in [1.54, 1.807) is 12.1 Å². The maximum Gasteiger partial charge on any atom is 0.268 e. The van der Waals surface area contributed by atoms with Crippen LogP contribution < -0.4 is 0 Å². The summed E-state index contributed by atoms with van der Waals surface area (Å²) in [5.41, 5.74) is 6.84. The van der Waals surface area contributed by atoms with Gasteiger partial charge in [0.2, 0.25) is 0 Å². The maximum absolute atomic E-state index is 14.3. The maximum atomic E-state index is 14.3. The molecule has 0 N–H and O–H groups in total. The first-order chi connectivity index (χ1) is 17.4. The van der Waals surface area contributed by atoms with Gasteiger partial charge in [0.1, 0.15) is 0 Å². The highest BCUT2D eigenvalue weighted by Gasteiger charge is 2.32. The van der Waals surface area contributed by atoms with Gasteiger partial charge in [0, 0.05) is 11.3 Å². The van der Waals surface area contributed by atoms with Crippen molar-refractivity contribution in [3.05, 3.63) is 155 Å². The van der Waals surface area contributed by atoms with E-state index in [1.807, 2.05) is 123 Å². The van der Waals surface area contributed by atoms with Crippen LogP contribution >= 0.6 is 0 Å². The molecule has 0 bridgehead atoms. The molecule has 0 aromatic heterocycles. The number of benzene rings is 4. The molecular formula is C32H27NO2S. The molecule has 0 aliphatic carbocycles. The second-order valence-electron chi connectivity index (χ2n) is 8.81. The minimum absolute atomic E-state index is 0.254. The summed E-state index contributed by atoms with van der Waals surface area (Å²) in [5.74, 6) is 0. The van der Waals surface area contributed by atoms with Crippen molar-refractivity contribution in [3.63, 3.8) is 0 Å². The molecule has 178 valence electrons. The Morgan fingerprint density at radius 1 is 0.556 bits per heavy atom. The molecule has 4 aromatic carbocycles. The molecule has 0 amide bonds. The number of allylic oxidation sites excluding steroid dienone is 5. The lowest BCUT2D eigenvalue weighted by atomic mass is 9.98. The molecule has 5 rings (SSSR count). The fourth-order valence-electron chi connectivity index (χ4n) is 4.44. The van der Waals surface area contributed by atoms with Crippen LogP contribution in [0.1, 0.15) is 29.2 Å². The molecular weight excluding hydrogens is 462 g/mol. The van der Waals surface area contributed by atoms with Crippen molar-refractivity contribution >= 4 is 26.9 Å². The summed E-state index contributed by atoms with van der Waals surface area (Å²) < 4.78 is 30.1. The molecule has 0 atom stereocenters. The van der Waals surface area contributed by atoms with Crippen LogP contribution in [0.4, 0.5) is 0 Å². The highest BCUT2D eigenvalue weighted by Crippen LogP contribution is 2.40. The van der Waals surface area contributed by atoms with Crippen LogP contribution in [0.5, 0.6) is 0 Å². The summed E-state index contributed by atoms with van der Waals surface area (Å²) in [4.78, 5) is 0.254. The highest BCUT2D eigenvalue weighted by atomic mass is 32.2. The molecule has 1 aliphatic heterocycles. The Morgan fingerprint density at radius 2 is 1.06 bits per heavy atom. The van der Waals surface area contributed by atoms with Gasteiger partial charge >= 0.3 is 0 Å². The Hall–Kier alpha value is -4.15. The summed E-state index contributed by atoms with van der Waals surface area (Å²) in [6, 6.07) is 36.7. The van der Waals surface area contributed by atoms with E-state index in [0.29, 0.717) is 11.4 Å². The predicted octanol–water partition coefficient (Wildman–Crippen LogP) is 7.56. The third-order valence-electron chi connectivity index (χ3n) is 6.33. The number of hydrogen-bond donors (Lipinski definition) is 0. The lowest BCUT2D eigenvalue weighted by Gasteiger charge is -2.28. The van der Waals surface area contributed by atoms with Crippen LogP contribution in [0.25, 0.3) is 16.8 Å². The Morgan fingerprint density at radius 3 is 1.61 bits per heavy atom. The third kappa shape index (κ3) is 4.56. The summed E-state index contributed by atoms with van der Waals surface area (Å²) >= 11 is 0. The lowest BCUT2D eigenvalue weighted by Crippen LogP contribution is -2.28. The molecule has 4 aromatic rings. The summed E-state index contributed by atoms with van der Waals surface area (Å²) in [6.45, 7) is 3.83. The normalized spacial score (nSPS) is 14.2. The molecule has 0 saturated carbocycles. The van der Waals surface area contributed by atoms with Crippen LogP contribution in [0, 0.1) is 6.92 Å². The first-order valence-electron chi connectivity index (χ1n) is 11.9. The summed E-state index contributed by atoms with van der Waals surface area (Å²) in [6.07, 6.45) is 4.07. The predicted molar refractivity (Wildman–Crippen MR) is 148 cm³/mol. The van der Waals surface area contributed by atoms with Crippen molar-refractivity contribution in [2.24, 2.45) is 0 Å². The summed E-state index contributed by atoms with van der Waals surface area (Å²) in [5, 5.41) is 0. The van der Waals surface area contributed by atoms with Gasteiger partial charge in [-0.05, 0) is 60.4 Å². The van der Waals surface area contributed by atoms with Gasteiger partial charge < -0.3 is 0 Å². The standard InChI is InChI=1S/C32H27NO2S/c1-24-18-20-30(21-19-24)36(34,35)33-25(2)31(27-14-8-4-9-15-27)22-29(26-12-6-3-7-13-26)23-32(33)28-16-10-5-11-17-28/h3-23H,1-2H3. The van der Waals surface area contributed by atoms with E-state index in [0.717, 1.165) is 33.4 Å². The van der Waals surface area contributed by atoms with Crippen LogP contribution in [-0.2, 0) is 10.0 Å². The van der Waals surface area contributed by atoms with Gasteiger partial charge in [-0.25, -0.2) is 12.7 Å². The summed E-state index contributed by atoms with van der Waals surface area (Å²) in [7, 11) is -3.92. The number of nitrogens with zero attached hydrogens (tertiary/aromatic N) is 1. The van der Waals surface area contributed by atoms with Gasteiger partial charge in [-0.1, -0.05) is 109 Å². The lowest BCUT2D eigenvalue weighted by molar-refractivity contribution is 0.549. The monoisotopic (exact) mass is 489 g/mol. The zero-order chi connectivity index (χ0) is 25.1. The Kier molecular flexibility index (Phi) is 6.45. The van der Waals surface area contributed by atoms with E-state index in [2.05, 4.69) is 6.08 Å². The fourth-order valence-corrected chi connectivity index (χ4v) is 6.01. The number of sulfonamides is 1. The topological polar surface area (TPSA) is 37.4 Å². The molecule has 0 saturated heterocycles. The minimum Gasteiger partial charge on any atom is -0.238 e. The smallest absolute Gasteiger partial charge is 0.238 e. The van der Waals surface area contributed by atoms with Gasteiger partial charge in [0.25, 0.3) is 10.0 Å². The first kappa shape index (κ1) is 23.6. The molecule has 0 unspecified atom stereocenters. The molecule has 0 spiro atoms. The van der Waals surface area contributed by atoms with Crippen molar-refractivity contribution in [2.75, 3.05) is 0 Å². The zero-order valence-electron chi connectivity index (χ0n) is 20.3. The number of rotatable bonds is 5. The highest BCUT2D eigenvalue weighted by molar-refractivity contribution is 7.89. The SMILES string of the molecule is CC1=C(c2ccccc2)C=C(c2ccccc2)C=C(c2ccccc2)N1S(=O)(=O)c1ccc(C)cc1. The van der Waals surface area contributed by atoms with Crippen LogP contribution in [-0.4, -0.2) is 12.7 Å². The third-order valence-corrected chi connectivity index (χ3v) is 8.15. The average Bonchev–Trinajstić information content (AvgIpc) is 3.07. The Bertz CT molecular complexity index is 1570. The minimum atomic E-state index is -3.92. The van der Waals surface area contributed by atoms with E-state index in [-0.39, 0.29) is 4.90 Å². The number of aryl methyl sites for hydroxylation is 1. The Balaban J connectivity index is 1.83. The molecule has 3 nitrogen and oxygen atoms in total. The van der Waals surface area contributed by atoms with Crippen molar-refractivity contribution in [3.8, 4) is 0 Å². The van der Waals surface area contributed by atoms with E-state index in [1.165, 1.54) is 4.31 Å². The van der Waals surface area contributed by atoms with E-state index in [4.69, 9.17) is 0 Å². The van der Waals surface area contributed by atoms with E-state index in [9.17, 15) is 8.42 Å². The largest absolute Gasteiger partial charge is 0.268 e. The average molecular weight is 490 g/mol. The van der Waals surface area contributed by atoms with Crippen molar-refractivity contribution < 1.29 is 8.42 Å². The van der Waals surface area contributed by atoms with Gasteiger partial charge in [0.15, 0.2) is 0 Å². The second-order valence-corrected chi connectivity index (χ2v) is 10.6. The van der Waals surface area contributed by atoms with E-state index >= 15 is 0 Å². The molecule has 4 heteroatoms. The molecule has 1 aliphatic rings. The fraction of sp³-hybridized carbons (Fsp3) is 0.0625. The quantitative estimate of drug-likeness (QED) is 0.290. The molecule has 36 heavy (non-hydrogen) atoms. The van der Waals surface area contributed by atoms with Crippen molar-refractivity contribution in [2.45, 2.75) is 18.7 Å². The van der Waals surface area contributed by atoms with Crippen molar-refractivity contribution in [1.29, 1.82) is 0 Å². The van der Waals surface area contributed by atoms with Crippen LogP contribution in [0.2, 0.25) is 0 Å². The van der Waals surface area contributed by atoms with E-state index < -0.39 is 10.0 Å². The van der Waals surface area contributed by atoms with Gasteiger partial charge in [-0.15, -0.1) is 0 Å². The Labute approximate surface area is 213 Å². The zero-order valence-corrected chi connectivity index (χ0v) is 21.1. The van der Waals surface area contributed by atoms with Crippen LogP contribution in [0.15, 0.2) is 138 Å². The first-order valence-corrected chi connectivity index (χ1v) is 13.3. The molecule has 1 heterocycles. The molecule has 0 radical (unpaired) electrons. The van der Waals surface area contributed by atoms with Gasteiger partial charge in [-0.3, -0.25) is 0 Å².